The molecule has 0 bridgehead atoms. The van der Waals surface area contributed by atoms with E-state index >= 15 is 0 Å². The third-order valence-corrected chi connectivity index (χ3v) is 4.74. The number of carbonyl (C=O) groups excluding carboxylic acids is 1. The van der Waals surface area contributed by atoms with Crippen LogP contribution in [0.15, 0.2) is 0 Å². The van der Waals surface area contributed by atoms with Gasteiger partial charge in [0.05, 0.1) is 0 Å². The van der Waals surface area contributed by atoms with Gasteiger partial charge in [-0.25, -0.2) is 0 Å². The Kier molecular flexibility index (Phi) is 5.68. The molecule has 2 aliphatic carbocycles. The van der Waals surface area contributed by atoms with Crippen molar-refractivity contribution in [1.29, 1.82) is 0 Å². The minimum absolute atomic E-state index is 0.255. The quantitative estimate of drug-likeness (QED) is 0.792. The Morgan fingerprint density at radius 3 is 2.22 bits per heavy atom. The first-order valence-corrected chi connectivity index (χ1v) is 7.64. The van der Waals surface area contributed by atoms with E-state index in [1.807, 2.05) is 0 Å². The van der Waals surface area contributed by atoms with Crippen LogP contribution in [-0.2, 0) is 4.79 Å². The molecule has 1 unspecified atom stereocenters. The van der Waals surface area contributed by atoms with Gasteiger partial charge in [-0.1, -0.05) is 40.5 Å². The first-order valence-electron chi connectivity index (χ1n) is 7.64. The van der Waals surface area contributed by atoms with Crippen molar-refractivity contribution in [1.82, 2.24) is 5.32 Å². The van der Waals surface area contributed by atoms with Gasteiger partial charge >= 0.3 is 0 Å². The van der Waals surface area contributed by atoms with E-state index in [1.165, 1.54) is 25.7 Å². The summed E-state index contributed by atoms with van der Waals surface area (Å²) in [5, 5.41) is 2.75. The summed E-state index contributed by atoms with van der Waals surface area (Å²) < 4.78 is 0. The average molecular weight is 253 g/mol. The van der Waals surface area contributed by atoms with Crippen molar-refractivity contribution < 1.29 is 4.79 Å². The number of carbonyl (C=O) groups is 1. The summed E-state index contributed by atoms with van der Waals surface area (Å²) in [4.78, 5) is 11.3. The fraction of sp³-hybridized carbons (Fsp3) is 0.938. The van der Waals surface area contributed by atoms with Gasteiger partial charge < -0.3 is 5.32 Å². The maximum absolute atomic E-state index is 11.3. The zero-order valence-corrected chi connectivity index (χ0v) is 12.9. The van der Waals surface area contributed by atoms with E-state index in [2.05, 4.69) is 33.0 Å². The SMILES string of the molecule is CCC(C)C.CNC(=O)C1CC2(CCC(C)C2)C1. The van der Waals surface area contributed by atoms with Gasteiger partial charge in [0, 0.05) is 13.0 Å². The smallest absolute Gasteiger partial charge is 0.222 e. The lowest BCUT2D eigenvalue weighted by molar-refractivity contribution is -0.132. The largest absolute Gasteiger partial charge is 0.359 e. The Morgan fingerprint density at radius 2 is 1.89 bits per heavy atom. The van der Waals surface area contributed by atoms with Crippen molar-refractivity contribution in [3.63, 3.8) is 0 Å². The van der Waals surface area contributed by atoms with Crippen LogP contribution in [0, 0.1) is 23.2 Å². The van der Waals surface area contributed by atoms with Gasteiger partial charge in [0.15, 0.2) is 0 Å². The highest BCUT2D eigenvalue weighted by Gasteiger charge is 2.49. The summed E-state index contributed by atoms with van der Waals surface area (Å²) in [5.74, 6) is 2.36. The van der Waals surface area contributed by atoms with Gasteiger partial charge in [0.2, 0.25) is 5.91 Å². The Hall–Kier alpha value is -0.530. The summed E-state index contributed by atoms with van der Waals surface area (Å²) in [6.07, 6.45) is 7.71. The maximum atomic E-state index is 11.3. The molecule has 2 aliphatic rings. The van der Waals surface area contributed by atoms with Crippen LogP contribution in [0.25, 0.3) is 0 Å². The number of hydrogen-bond acceptors (Lipinski definition) is 1. The number of nitrogens with one attached hydrogen (secondary N) is 1. The molecule has 2 fully saturated rings. The van der Waals surface area contributed by atoms with Crippen molar-refractivity contribution in [2.75, 3.05) is 7.05 Å². The molecule has 2 heteroatoms. The number of hydrogen-bond donors (Lipinski definition) is 1. The van der Waals surface area contributed by atoms with Crippen LogP contribution in [0.2, 0.25) is 0 Å². The van der Waals surface area contributed by atoms with Crippen molar-refractivity contribution >= 4 is 5.91 Å². The first-order chi connectivity index (χ1) is 8.42. The molecule has 18 heavy (non-hydrogen) atoms. The number of rotatable bonds is 2. The van der Waals surface area contributed by atoms with Gasteiger partial charge in [-0.2, -0.15) is 0 Å². The maximum Gasteiger partial charge on any atom is 0.222 e. The van der Waals surface area contributed by atoms with Crippen molar-refractivity contribution in [2.24, 2.45) is 23.2 Å². The highest BCUT2D eigenvalue weighted by atomic mass is 16.1. The predicted molar refractivity (Wildman–Crippen MR) is 77.4 cm³/mol. The van der Waals surface area contributed by atoms with Crippen LogP contribution in [-0.4, -0.2) is 13.0 Å². The topological polar surface area (TPSA) is 29.1 Å². The molecule has 1 spiro atoms. The van der Waals surface area contributed by atoms with Gasteiger partial charge in [0.1, 0.15) is 0 Å². The van der Waals surface area contributed by atoms with Gasteiger partial charge in [-0.05, 0) is 42.9 Å². The molecule has 0 aliphatic heterocycles. The molecule has 1 amide bonds. The van der Waals surface area contributed by atoms with E-state index < -0.39 is 0 Å². The van der Waals surface area contributed by atoms with E-state index in [4.69, 9.17) is 0 Å². The minimum atomic E-state index is 0.255. The van der Waals surface area contributed by atoms with Crippen LogP contribution in [0.3, 0.4) is 0 Å². The third kappa shape index (κ3) is 4.00. The van der Waals surface area contributed by atoms with E-state index in [-0.39, 0.29) is 5.91 Å². The molecule has 0 radical (unpaired) electrons. The van der Waals surface area contributed by atoms with E-state index in [0.29, 0.717) is 11.3 Å². The molecule has 106 valence electrons. The summed E-state index contributed by atoms with van der Waals surface area (Å²) >= 11 is 0. The van der Waals surface area contributed by atoms with E-state index in [9.17, 15) is 4.79 Å². The van der Waals surface area contributed by atoms with Crippen LogP contribution in [0.1, 0.15) is 66.2 Å². The molecule has 0 aromatic carbocycles. The first kappa shape index (κ1) is 15.5. The highest BCUT2D eigenvalue weighted by Crippen LogP contribution is 2.57. The Bertz CT molecular complexity index is 266. The van der Waals surface area contributed by atoms with Crippen LogP contribution in [0.5, 0.6) is 0 Å². The molecule has 0 saturated heterocycles. The second kappa shape index (κ2) is 6.58. The normalized spacial score (nSPS) is 33.9. The molecule has 2 saturated carbocycles. The van der Waals surface area contributed by atoms with E-state index in [0.717, 1.165) is 24.7 Å². The Morgan fingerprint density at radius 1 is 1.33 bits per heavy atom. The second-order valence-corrected chi connectivity index (χ2v) is 6.87. The van der Waals surface area contributed by atoms with Crippen LogP contribution in [0.4, 0.5) is 0 Å². The average Bonchev–Trinajstić information content (AvgIpc) is 2.69. The molecular formula is C16H31NO. The standard InChI is InChI=1S/C11H19NO.C5H12/c1-8-3-4-11(5-8)6-9(7-11)10(13)12-2;1-4-5(2)3/h8-9H,3-7H2,1-2H3,(H,12,13);5H,4H2,1-3H3. The van der Waals surface area contributed by atoms with Crippen molar-refractivity contribution in [2.45, 2.75) is 66.2 Å². The Balaban J connectivity index is 0.000000280. The van der Waals surface area contributed by atoms with Gasteiger partial charge in [-0.15, -0.1) is 0 Å². The zero-order valence-electron chi connectivity index (χ0n) is 12.9. The second-order valence-electron chi connectivity index (χ2n) is 6.87. The zero-order chi connectivity index (χ0) is 13.8. The van der Waals surface area contributed by atoms with Crippen molar-refractivity contribution in [3.8, 4) is 0 Å². The lowest BCUT2D eigenvalue weighted by Crippen LogP contribution is -2.43. The molecule has 0 aromatic rings. The molecule has 1 N–H and O–H groups in total. The van der Waals surface area contributed by atoms with Crippen molar-refractivity contribution in [3.05, 3.63) is 0 Å². The lowest BCUT2D eigenvalue weighted by Gasteiger charge is -2.44. The molecule has 0 heterocycles. The Labute approximate surface area is 113 Å². The molecule has 2 rings (SSSR count). The summed E-state index contributed by atoms with van der Waals surface area (Å²) in [7, 11) is 1.74. The fourth-order valence-electron chi connectivity index (χ4n) is 3.24. The van der Waals surface area contributed by atoms with Crippen LogP contribution >= 0.6 is 0 Å². The van der Waals surface area contributed by atoms with Gasteiger partial charge in [-0.3, -0.25) is 4.79 Å². The van der Waals surface area contributed by atoms with Crippen LogP contribution < -0.4 is 5.32 Å². The van der Waals surface area contributed by atoms with Gasteiger partial charge in [0.25, 0.3) is 0 Å². The molecule has 2 nitrogen and oxygen atoms in total. The minimum Gasteiger partial charge on any atom is -0.359 e. The summed E-state index contributed by atoms with van der Waals surface area (Å²) in [6.45, 7) is 8.98. The summed E-state index contributed by atoms with van der Waals surface area (Å²) in [5.41, 5.74) is 0.580. The number of amides is 1. The highest BCUT2D eigenvalue weighted by molar-refractivity contribution is 5.79. The molecule has 0 aromatic heterocycles. The third-order valence-electron chi connectivity index (χ3n) is 4.74. The monoisotopic (exact) mass is 253 g/mol. The van der Waals surface area contributed by atoms with E-state index in [1.54, 1.807) is 7.05 Å². The fourth-order valence-corrected chi connectivity index (χ4v) is 3.24. The summed E-state index contributed by atoms with van der Waals surface area (Å²) in [6, 6.07) is 0. The predicted octanol–water partition coefficient (Wildman–Crippen LogP) is 4.00. The lowest BCUT2D eigenvalue weighted by atomic mass is 9.60. The molecule has 1 atom stereocenters. The molecular weight excluding hydrogens is 222 g/mol.